The van der Waals surface area contributed by atoms with Gasteiger partial charge in [-0.3, -0.25) is 4.79 Å². The molecule has 0 bridgehead atoms. The van der Waals surface area contributed by atoms with E-state index in [1.807, 2.05) is 24.3 Å². The number of hydrogen-bond donors (Lipinski definition) is 0. The lowest BCUT2D eigenvalue weighted by molar-refractivity contribution is -0.125. The Hall–Kier alpha value is -1.35. The number of ether oxygens (including phenoxy) is 1. The van der Waals surface area contributed by atoms with E-state index in [2.05, 4.69) is 6.07 Å². The Labute approximate surface area is 76.9 Å². The fourth-order valence-electron chi connectivity index (χ4n) is 1.34. The third kappa shape index (κ3) is 1.70. The lowest BCUT2D eigenvalue weighted by Crippen LogP contribution is -2.41. The summed E-state index contributed by atoms with van der Waals surface area (Å²) in [5, 5.41) is 0. The first-order valence-electron chi connectivity index (χ1n) is 4.22. The molecule has 67 valence electrons. The van der Waals surface area contributed by atoms with Gasteiger partial charge in [-0.05, 0) is 18.2 Å². The van der Waals surface area contributed by atoms with E-state index in [0.717, 1.165) is 5.69 Å². The molecule has 2 rings (SSSR count). The summed E-state index contributed by atoms with van der Waals surface area (Å²) >= 11 is 0. The number of amides is 1. The average molecular weight is 176 g/mol. The molecule has 1 radical (unpaired) electrons. The minimum absolute atomic E-state index is 0.0193. The Balaban J connectivity index is 2.20. The van der Waals surface area contributed by atoms with Crippen LogP contribution in [0.15, 0.2) is 24.3 Å². The van der Waals surface area contributed by atoms with Crippen molar-refractivity contribution in [3.63, 3.8) is 0 Å². The second-order valence-electron chi connectivity index (χ2n) is 2.86. The van der Waals surface area contributed by atoms with Crippen LogP contribution in [0, 0.1) is 6.07 Å². The Morgan fingerprint density at radius 3 is 3.15 bits per heavy atom. The van der Waals surface area contributed by atoms with Crippen LogP contribution in [0.3, 0.4) is 0 Å². The molecule has 1 saturated heterocycles. The van der Waals surface area contributed by atoms with Gasteiger partial charge in [0.2, 0.25) is 0 Å². The van der Waals surface area contributed by atoms with Crippen molar-refractivity contribution in [1.29, 1.82) is 0 Å². The van der Waals surface area contributed by atoms with Crippen molar-refractivity contribution >= 4 is 11.6 Å². The Bertz CT molecular complexity index is 297. The zero-order chi connectivity index (χ0) is 9.10. The van der Waals surface area contributed by atoms with Crippen LogP contribution < -0.4 is 4.90 Å². The first-order chi connectivity index (χ1) is 6.38. The highest BCUT2D eigenvalue weighted by atomic mass is 16.5. The second kappa shape index (κ2) is 3.58. The number of carbonyl (C=O) groups excluding carboxylic acids is 1. The Morgan fingerprint density at radius 1 is 1.54 bits per heavy atom. The number of hydrogen-bond acceptors (Lipinski definition) is 2. The van der Waals surface area contributed by atoms with Crippen LogP contribution >= 0.6 is 0 Å². The highest BCUT2D eigenvalue weighted by Gasteiger charge is 2.19. The standard InChI is InChI=1S/C10H10NO2/c12-10-8-13-7-6-11(10)9-4-2-1-3-5-9/h1-2,4-5H,6-8H2. The van der Waals surface area contributed by atoms with Crippen molar-refractivity contribution in [2.75, 3.05) is 24.7 Å². The van der Waals surface area contributed by atoms with Gasteiger partial charge in [-0.2, -0.15) is 0 Å². The normalized spacial score (nSPS) is 17.5. The van der Waals surface area contributed by atoms with Crippen LogP contribution in [-0.2, 0) is 9.53 Å². The molecule has 1 aliphatic rings. The van der Waals surface area contributed by atoms with Crippen molar-refractivity contribution in [2.45, 2.75) is 0 Å². The van der Waals surface area contributed by atoms with Crippen LogP contribution in [0.1, 0.15) is 0 Å². The SMILES string of the molecule is O=C1COCCN1c1c[c]ccc1. The van der Waals surface area contributed by atoms with Crippen molar-refractivity contribution in [2.24, 2.45) is 0 Å². The van der Waals surface area contributed by atoms with Crippen molar-refractivity contribution in [1.82, 2.24) is 0 Å². The molecule has 1 aromatic rings. The van der Waals surface area contributed by atoms with Gasteiger partial charge in [0, 0.05) is 12.2 Å². The van der Waals surface area contributed by atoms with Gasteiger partial charge < -0.3 is 9.64 Å². The minimum atomic E-state index is 0.0193. The average Bonchev–Trinajstić information content (AvgIpc) is 2.20. The molecule has 1 amide bonds. The molecule has 0 atom stereocenters. The molecule has 0 unspecified atom stereocenters. The predicted octanol–water partition coefficient (Wildman–Crippen LogP) is 0.850. The van der Waals surface area contributed by atoms with E-state index < -0.39 is 0 Å². The maximum atomic E-state index is 11.4. The largest absolute Gasteiger partial charge is 0.370 e. The summed E-state index contributed by atoms with van der Waals surface area (Å²) in [7, 11) is 0. The van der Waals surface area contributed by atoms with Gasteiger partial charge in [0.15, 0.2) is 0 Å². The lowest BCUT2D eigenvalue weighted by atomic mass is 10.2. The van der Waals surface area contributed by atoms with Gasteiger partial charge in [0.1, 0.15) is 6.61 Å². The van der Waals surface area contributed by atoms with Gasteiger partial charge in [-0.25, -0.2) is 0 Å². The quantitative estimate of drug-likeness (QED) is 0.634. The summed E-state index contributed by atoms with van der Waals surface area (Å²) < 4.78 is 5.03. The van der Waals surface area contributed by atoms with Crippen molar-refractivity contribution in [3.05, 3.63) is 30.3 Å². The van der Waals surface area contributed by atoms with Crippen molar-refractivity contribution < 1.29 is 9.53 Å². The maximum Gasteiger partial charge on any atom is 0.253 e. The zero-order valence-electron chi connectivity index (χ0n) is 7.19. The van der Waals surface area contributed by atoms with Crippen LogP contribution in [0.2, 0.25) is 0 Å². The number of morpholine rings is 1. The van der Waals surface area contributed by atoms with Gasteiger partial charge in [-0.1, -0.05) is 12.1 Å². The number of rotatable bonds is 1. The van der Waals surface area contributed by atoms with Gasteiger partial charge in [0.25, 0.3) is 5.91 Å². The van der Waals surface area contributed by atoms with E-state index in [1.54, 1.807) is 4.90 Å². The summed E-state index contributed by atoms with van der Waals surface area (Å²) in [4.78, 5) is 13.1. The van der Waals surface area contributed by atoms with E-state index >= 15 is 0 Å². The van der Waals surface area contributed by atoms with Crippen LogP contribution in [0.25, 0.3) is 0 Å². The molecule has 13 heavy (non-hydrogen) atoms. The van der Waals surface area contributed by atoms with Crippen LogP contribution in [0.4, 0.5) is 5.69 Å². The highest BCUT2D eigenvalue weighted by Crippen LogP contribution is 2.14. The van der Waals surface area contributed by atoms with Crippen LogP contribution in [-0.4, -0.2) is 25.7 Å². The maximum absolute atomic E-state index is 11.4. The predicted molar refractivity (Wildman–Crippen MR) is 48.5 cm³/mol. The first-order valence-corrected chi connectivity index (χ1v) is 4.22. The molecular formula is C10H10NO2. The van der Waals surface area contributed by atoms with Gasteiger partial charge >= 0.3 is 0 Å². The summed E-state index contributed by atoms with van der Waals surface area (Å²) in [6.07, 6.45) is 0. The molecule has 0 spiro atoms. The molecule has 1 fully saturated rings. The van der Waals surface area contributed by atoms with E-state index in [-0.39, 0.29) is 12.5 Å². The molecule has 1 heterocycles. The Kier molecular flexibility index (Phi) is 2.27. The summed E-state index contributed by atoms with van der Waals surface area (Å²) in [6, 6.07) is 10.3. The molecule has 1 aliphatic heterocycles. The molecule has 0 saturated carbocycles. The van der Waals surface area contributed by atoms with Gasteiger partial charge in [0.05, 0.1) is 6.61 Å². The number of benzene rings is 1. The topological polar surface area (TPSA) is 29.5 Å². The zero-order valence-corrected chi connectivity index (χ0v) is 7.19. The molecule has 3 heteroatoms. The molecule has 0 aliphatic carbocycles. The fourth-order valence-corrected chi connectivity index (χ4v) is 1.34. The highest BCUT2D eigenvalue weighted by molar-refractivity contribution is 5.94. The smallest absolute Gasteiger partial charge is 0.253 e. The van der Waals surface area contributed by atoms with Gasteiger partial charge in [-0.15, -0.1) is 0 Å². The lowest BCUT2D eigenvalue weighted by Gasteiger charge is -2.26. The van der Waals surface area contributed by atoms with Crippen molar-refractivity contribution in [3.8, 4) is 0 Å². The van der Waals surface area contributed by atoms with E-state index in [4.69, 9.17) is 4.74 Å². The Morgan fingerprint density at radius 2 is 2.46 bits per heavy atom. The van der Waals surface area contributed by atoms with E-state index in [1.165, 1.54) is 0 Å². The number of nitrogens with zero attached hydrogens (tertiary/aromatic N) is 1. The molecule has 0 aromatic heterocycles. The number of carbonyl (C=O) groups is 1. The molecule has 3 nitrogen and oxygen atoms in total. The van der Waals surface area contributed by atoms with Crippen LogP contribution in [0.5, 0.6) is 0 Å². The summed E-state index contributed by atoms with van der Waals surface area (Å²) in [6.45, 7) is 1.44. The number of anilines is 1. The van der Waals surface area contributed by atoms with E-state index in [0.29, 0.717) is 13.2 Å². The summed E-state index contributed by atoms with van der Waals surface area (Å²) in [5.41, 5.74) is 0.899. The second-order valence-corrected chi connectivity index (χ2v) is 2.86. The fraction of sp³-hybridized carbons (Fsp3) is 0.300. The minimum Gasteiger partial charge on any atom is -0.370 e. The third-order valence-electron chi connectivity index (χ3n) is 1.99. The molecule has 1 aromatic carbocycles. The van der Waals surface area contributed by atoms with E-state index in [9.17, 15) is 4.79 Å². The molecule has 0 N–H and O–H groups in total. The molecular weight excluding hydrogens is 166 g/mol. The summed E-state index contributed by atoms with van der Waals surface area (Å²) in [5.74, 6) is 0.0193. The third-order valence-corrected chi connectivity index (χ3v) is 1.99. The first kappa shape index (κ1) is 8.26. The monoisotopic (exact) mass is 176 g/mol.